The Hall–Kier alpha value is -0.870. The van der Waals surface area contributed by atoms with Gasteiger partial charge in [0.15, 0.2) is 0 Å². The first-order valence-corrected chi connectivity index (χ1v) is 7.70. The van der Waals surface area contributed by atoms with Crippen molar-refractivity contribution in [3.8, 4) is 0 Å². The van der Waals surface area contributed by atoms with Gasteiger partial charge >= 0.3 is 0 Å². The molecule has 1 fully saturated rings. The number of rotatable bonds is 5. The van der Waals surface area contributed by atoms with E-state index in [9.17, 15) is 4.79 Å². The van der Waals surface area contributed by atoms with Gasteiger partial charge in [-0.25, -0.2) is 0 Å². The third kappa shape index (κ3) is 4.10. The molecule has 2 rings (SSSR count). The number of hydrogen-bond acceptors (Lipinski definition) is 3. The number of piperidine rings is 1. The van der Waals surface area contributed by atoms with Crippen molar-refractivity contribution in [1.29, 1.82) is 0 Å². The summed E-state index contributed by atoms with van der Waals surface area (Å²) in [6.07, 6.45) is 5.38. The largest absolute Gasteiger partial charge is 0.349 e. The zero-order valence-electron chi connectivity index (χ0n) is 10.9. The van der Waals surface area contributed by atoms with Gasteiger partial charge in [-0.3, -0.25) is 4.79 Å². The van der Waals surface area contributed by atoms with Gasteiger partial charge < -0.3 is 10.6 Å². The fourth-order valence-corrected chi connectivity index (χ4v) is 3.13. The number of thiophene rings is 1. The third-order valence-corrected chi connectivity index (χ3v) is 4.53. The van der Waals surface area contributed by atoms with Crippen LogP contribution in [0.25, 0.3) is 0 Å². The number of nitrogens with one attached hydrogen (secondary N) is 2. The van der Waals surface area contributed by atoms with Gasteiger partial charge in [-0.15, -0.1) is 11.3 Å². The maximum Gasteiger partial charge on any atom is 0.220 e. The number of carbonyl (C=O) groups is 1. The van der Waals surface area contributed by atoms with Crippen LogP contribution >= 0.6 is 11.3 Å². The molecule has 3 nitrogen and oxygen atoms in total. The topological polar surface area (TPSA) is 41.1 Å². The Morgan fingerprint density at radius 1 is 1.61 bits per heavy atom. The van der Waals surface area contributed by atoms with Crippen LogP contribution in [0, 0.1) is 0 Å². The Morgan fingerprint density at radius 3 is 3.17 bits per heavy atom. The highest BCUT2D eigenvalue weighted by molar-refractivity contribution is 7.10. The quantitative estimate of drug-likeness (QED) is 0.860. The molecule has 1 amide bonds. The van der Waals surface area contributed by atoms with E-state index < -0.39 is 0 Å². The average Bonchev–Trinajstić information content (AvgIpc) is 2.91. The molecule has 1 aliphatic rings. The lowest BCUT2D eigenvalue weighted by Gasteiger charge is -2.23. The lowest BCUT2D eigenvalue weighted by Crippen LogP contribution is -2.35. The number of hydrogen-bond donors (Lipinski definition) is 2. The molecule has 0 bridgehead atoms. The van der Waals surface area contributed by atoms with Crippen LogP contribution < -0.4 is 10.6 Å². The van der Waals surface area contributed by atoms with Crippen molar-refractivity contribution in [1.82, 2.24) is 10.6 Å². The van der Waals surface area contributed by atoms with Crippen LogP contribution in [0.4, 0.5) is 0 Å². The molecule has 1 aliphatic heterocycles. The van der Waals surface area contributed by atoms with Gasteiger partial charge in [-0.05, 0) is 44.2 Å². The van der Waals surface area contributed by atoms with Gasteiger partial charge in [-0.1, -0.05) is 12.5 Å². The van der Waals surface area contributed by atoms with Gasteiger partial charge in [0.05, 0.1) is 6.04 Å². The van der Waals surface area contributed by atoms with Crippen molar-refractivity contribution in [3.05, 3.63) is 22.4 Å². The molecular formula is C14H22N2OS. The second kappa shape index (κ2) is 6.90. The van der Waals surface area contributed by atoms with E-state index in [0.29, 0.717) is 12.5 Å². The van der Waals surface area contributed by atoms with E-state index in [1.165, 1.54) is 24.1 Å². The molecule has 1 saturated heterocycles. The minimum absolute atomic E-state index is 0.136. The van der Waals surface area contributed by atoms with E-state index in [-0.39, 0.29) is 11.9 Å². The average molecular weight is 266 g/mol. The molecule has 2 atom stereocenters. The second-order valence-corrected chi connectivity index (χ2v) is 5.97. The highest BCUT2D eigenvalue weighted by Gasteiger charge is 2.15. The molecule has 0 aliphatic carbocycles. The first-order valence-electron chi connectivity index (χ1n) is 6.82. The van der Waals surface area contributed by atoms with Crippen LogP contribution in [0.2, 0.25) is 0 Å². The first kappa shape index (κ1) is 13.6. The van der Waals surface area contributed by atoms with E-state index in [1.807, 2.05) is 18.4 Å². The standard InChI is InChI=1S/C14H22N2OS/c1-11(13-6-4-10-18-13)16-14(17)8-7-12-5-2-3-9-15-12/h4,6,10-12,15H,2-3,5,7-9H2,1H3,(H,16,17)/t11-,12?/m0/s1. The highest BCUT2D eigenvalue weighted by atomic mass is 32.1. The third-order valence-electron chi connectivity index (χ3n) is 3.48. The molecule has 1 unspecified atom stereocenters. The summed E-state index contributed by atoms with van der Waals surface area (Å²) in [7, 11) is 0. The molecule has 0 saturated carbocycles. The summed E-state index contributed by atoms with van der Waals surface area (Å²) >= 11 is 1.69. The molecule has 1 aromatic rings. The molecule has 1 aromatic heterocycles. The van der Waals surface area contributed by atoms with Gasteiger partial charge in [0.2, 0.25) is 5.91 Å². The van der Waals surface area contributed by atoms with Crippen LogP contribution in [-0.2, 0) is 4.79 Å². The van der Waals surface area contributed by atoms with E-state index in [0.717, 1.165) is 13.0 Å². The Bertz CT molecular complexity index is 358. The summed E-state index contributed by atoms with van der Waals surface area (Å²) in [6.45, 7) is 3.15. The van der Waals surface area contributed by atoms with E-state index >= 15 is 0 Å². The number of amides is 1. The summed E-state index contributed by atoms with van der Waals surface area (Å²) in [5, 5.41) is 8.59. The van der Waals surface area contributed by atoms with Gasteiger partial charge in [0, 0.05) is 17.3 Å². The predicted molar refractivity (Wildman–Crippen MR) is 75.8 cm³/mol. The Kier molecular flexibility index (Phi) is 5.20. The van der Waals surface area contributed by atoms with Crippen molar-refractivity contribution in [3.63, 3.8) is 0 Å². The summed E-state index contributed by atoms with van der Waals surface area (Å²) in [4.78, 5) is 13.1. The van der Waals surface area contributed by atoms with Crippen molar-refractivity contribution < 1.29 is 4.79 Å². The van der Waals surface area contributed by atoms with Crippen molar-refractivity contribution in [2.24, 2.45) is 0 Å². The van der Waals surface area contributed by atoms with Crippen LogP contribution in [0.1, 0.15) is 49.9 Å². The SMILES string of the molecule is C[C@H](NC(=O)CCC1CCCCN1)c1cccs1. The molecule has 2 heterocycles. The van der Waals surface area contributed by atoms with Crippen LogP contribution in [0.15, 0.2) is 17.5 Å². The molecule has 0 aromatic carbocycles. The molecule has 2 N–H and O–H groups in total. The number of carbonyl (C=O) groups excluding carboxylic acids is 1. The smallest absolute Gasteiger partial charge is 0.220 e. The molecular weight excluding hydrogens is 244 g/mol. The van der Waals surface area contributed by atoms with Crippen LogP contribution in [0.3, 0.4) is 0 Å². The van der Waals surface area contributed by atoms with E-state index in [2.05, 4.69) is 16.7 Å². The maximum atomic E-state index is 11.9. The van der Waals surface area contributed by atoms with Crippen molar-refractivity contribution in [2.75, 3.05) is 6.54 Å². The van der Waals surface area contributed by atoms with Gasteiger partial charge in [-0.2, -0.15) is 0 Å². The molecule has 18 heavy (non-hydrogen) atoms. The summed E-state index contributed by atoms with van der Waals surface area (Å²) < 4.78 is 0. The fraction of sp³-hybridized carbons (Fsp3) is 0.643. The zero-order valence-corrected chi connectivity index (χ0v) is 11.8. The summed E-state index contributed by atoms with van der Waals surface area (Å²) in [5.74, 6) is 0.170. The van der Waals surface area contributed by atoms with Gasteiger partial charge in [0.1, 0.15) is 0 Å². The lowest BCUT2D eigenvalue weighted by atomic mass is 10.0. The predicted octanol–water partition coefficient (Wildman–Crippen LogP) is 2.85. The highest BCUT2D eigenvalue weighted by Crippen LogP contribution is 2.18. The van der Waals surface area contributed by atoms with E-state index in [1.54, 1.807) is 11.3 Å². The Balaban J connectivity index is 1.68. The fourth-order valence-electron chi connectivity index (χ4n) is 2.40. The minimum atomic E-state index is 0.136. The van der Waals surface area contributed by atoms with Crippen molar-refractivity contribution in [2.45, 2.75) is 51.1 Å². The zero-order chi connectivity index (χ0) is 12.8. The van der Waals surface area contributed by atoms with Crippen LogP contribution in [0.5, 0.6) is 0 Å². The molecule has 0 spiro atoms. The van der Waals surface area contributed by atoms with Gasteiger partial charge in [0.25, 0.3) is 0 Å². The van der Waals surface area contributed by atoms with Crippen molar-refractivity contribution >= 4 is 17.2 Å². The molecule has 0 radical (unpaired) electrons. The summed E-state index contributed by atoms with van der Waals surface area (Å²) in [6, 6.07) is 4.77. The maximum absolute atomic E-state index is 11.9. The summed E-state index contributed by atoms with van der Waals surface area (Å²) in [5.41, 5.74) is 0. The first-order chi connectivity index (χ1) is 8.75. The monoisotopic (exact) mass is 266 g/mol. The Labute approximate surface area is 113 Å². The minimum Gasteiger partial charge on any atom is -0.349 e. The van der Waals surface area contributed by atoms with Crippen LogP contribution in [-0.4, -0.2) is 18.5 Å². The molecule has 4 heteroatoms. The Morgan fingerprint density at radius 2 is 2.50 bits per heavy atom. The lowest BCUT2D eigenvalue weighted by molar-refractivity contribution is -0.121. The second-order valence-electron chi connectivity index (χ2n) is 4.99. The normalized spacial score (nSPS) is 21.5. The molecule has 100 valence electrons. The van der Waals surface area contributed by atoms with E-state index in [4.69, 9.17) is 0 Å².